The third-order valence-corrected chi connectivity index (χ3v) is 3.74. The summed E-state index contributed by atoms with van der Waals surface area (Å²) in [4.78, 5) is 6.81. The molecule has 0 radical (unpaired) electrons. The van der Waals surface area contributed by atoms with E-state index in [0.29, 0.717) is 16.0 Å². The first-order chi connectivity index (χ1) is 8.61. The minimum atomic E-state index is 0.587. The molecule has 0 aromatic carbocycles. The van der Waals surface area contributed by atoms with E-state index >= 15 is 0 Å². The van der Waals surface area contributed by atoms with Crippen LogP contribution in [0.5, 0.6) is 0 Å². The van der Waals surface area contributed by atoms with Gasteiger partial charge >= 0.3 is 0 Å². The van der Waals surface area contributed by atoms with Gasteiger partial charge < -0.3 is 10.2 Å². The average Bonchev–Trinajstić information content (AvgIpc) is 2.74. The zero-order valence-electron chi connectivity index (χ0n) is 10.8. The maximum atomic E-state index is 6.25. The van der Waals surface area contributed by atoms with E-state index in [1.807, 2.05) is 0 Å². The Balaban J connectivity index is 2.23. The Morgan fingerprint density at radius 1 is 1.44 bits per heavy atom. The van der Waals surface area contributed by atoms with Gasteiger partial charge in [-0.1, -0.05) is 37.0 Å². The molecule has 5 heteroatoms. The second-order valence-corrected chi connectivity index (χ2v) is 5.71. The molecule has 0 bridgehead atoms. The topological polar surface area (TPSA) is 28.2 Å². The molecule has 1 unspecified atom stereocenters. The van der Waals surface area contributed by atoms with Crippen molar-refractivity contribution in [3.63, 3.8) is 0 Å². The van der Waals surface area contributed by atoms with Gasteiger partial charge in [-0.2, -0.15) is 0 Å². The SMILES string of the molecule is CCCNc1nc(N2CCC(C)C2)c(Cl)cc1Cl. The van der Waals surface area contributed by atoms with Crippen molar-refractivity contribution in [3.8, 4) is 0 Å². The van der Waals surface area contributed by atoms with Gasteiger partial charge in [0.05, 0.1) is 10.0 Å². The van der Waals surface area contributed by atoms with Crippen molar-refractivity contribution in [2.24, 2.45) is 5.92 Å². The van der Waals surface area contributed by atoms with E-state index in [0.717, 1.165) is 37.7 Å². The molecule has 0 spiro atoms. The predicted molar refractivity (Wildman–Crippen MR) is 79.0 cm³/mol. The number of halogens is 2. The molecule has 2 heterocycles. The molecule has 1 fully saturated rings. The summed E-state index contributed by atoms with van der Waals surface area (Å²) >= 11 is 12.4. The molecule has 0 amide bonds. The molecule has 18 heavy (non-hydrogen) atoms. The third kappa shape index (κ3) is 3.01. The minimum absolute atomic E-state index is 0.587. The Morgan fingerprint density at radius 3 is 2.83 bits per heavy atom. The van der Waals surface area contributed by atoms with E-state index in [1.54, 1.807) is 6.07 Å². The van der Waals surface area contributed by atoms with Crippen molar-refractivity contribution in [3.05, 3.63) is 16.1 Å². The highest BCUT2D eigenvalue weighted by atomic mass is 35.5. The lowest BCUT2D eigenvalue weighted by Crippen LogP contribution is -2.21. The lowest BCUT2D eigenvalue weighted by Gasteiger charge is -2.20. The van der Waals surface area contributed by atoms with E-state index in [2.05, 4.69) is 29.0 Å². The second-order valence-electron chi connectivity index (χ2n) is 4.89. The minimum Gasteiger partial charge on any atom is -0.369 e. The molecule has 0 aliphatic carbocycles. The molecule has 0 saturated carbocycles. The van der Waals surface area contributed by atoms with Crippen LogP contribution >= 0.6 is 23.2 Å². The van der Waals surface area contributed by atoms with Crippen LogP contribution in [0.25, 0.3) is 0 Å². The molecular weight excluding hydrogens is 269 g/mol. The smallest absolute Gasteiger partial charge is 0.149 e. The van der Waals surface area contributed by atoms with Crippen LogP contribution in [0.3, 0.4) is 0 Å². The Morgan fingerprint density at radius 2 is 2.22 bits per heavy atom. The van der Waals surface area contributed by atoms with Gasteiger partial charge in [-0.25, -0.2) is 4.98 Å². The van der Waals surface area contributed by atoms with E-state index in [1.165, 1.54) is 6.42 Å². The summed E-state index contributed by atoms with van der Waals surface area (Å²) in [6.07, 6.45) is 2.23. The van der Waals surface area contributed by atoms with Crippen molar-refractivity contribution < 1.29 is 0 Å². The first kappa shape index (κ1) is 13.8. The summed E-state index contributed by atoms with van der Waals surface area (Å²) in [6.45, 7) is 7.26. The number of hydrogen-bond acceptors (Lipinski definition) is 3. The van der Waals surface area contributed by atoms with Crippen LogP contribution in [0.15, 0.2) is 6.07 Å². The fourth-order valence-electron chi connectivity index (χ4n) is 2.17. The van der Waals surface area contributed by atoms with E-state index in [9.17, 15) is 0 Å². The fourth-order valence-corrected chi connectivity index (χ4v) is 2.72. The van der Waals surface area contributed by atoms with Gasteiger partial charge in [0.2, 0.25) is 0 Å². The molecule has 1 aromatic rings. The number of aromatic nitrogens is 1. The number of anilines is 2. The normalized spacial score (nSPS) is 19.3. The largest absolute Gasteiger partial charge is 0.369 e. The fraction of sp³-hybridized carbons (Fsp3) is 0.615. The highest BCUT2D eigenvalue weighted by molar-refractivity contribution is 6.37. The Kier molecular flexibility index (Phi) is 4.57. The first-order valence-corrected chi connectivity index (χ1v) is 7.22. The summed E-state index contributed by atoms with van der Waals surface area (Å²) in [6, 6.07) is 1.78. The Bertz CT molecular complexity index is 423. The summed E-state index contributed by atoms with van der Waals surface area (Å²) in [7, 11) is 0. The van der Waals surface area contributed by atoms with Crippen molar-refractivity contribution >= 4 is 34.8 Å². The van der Waals surface area contributed by atoms with Crippen LogP contribution in [-0.2, 0) is 0 Å². The van der Waals surface area contributed by atoms with Crippen LogP contribution in [0.1, 0.15) is 26.7 Å². The molecule has 100 valence electrons. The van der Waals surface area contributed by atoms with Gasteiger partial charge in [0.15, 0.2) is 0 Å². The van der Waals surface area contributed by atoms with Gasteiger partial charge in [0.25, 0.3) is 0 Å². The van der Waals surface area contributed by atoms with Crippen molar-refractivity contribution in [1.29, 1.82) is 0 Å². The lowest BCUT2D eigenvalue weighted by atomic mass is 10.2. The first-order valence-electron chi connectivity index (χ1n) is 6.46. The summed E-state index contributed by atoms with van der Waals surface area (Å²) in [5.74, 6) is 2.28. The Hall–Kier alpha value is -0.670. The summed E-state index contributed by atoms with van der Waals surface area (Å²) in [5.41, 5.74) is 0. The maximum absolute atomic E-state index is 6.25. The number of pyridine rings is 1. The molecule has 3 nitrogen and oxygen atoms in total. The van der Waals surface area contributed by atoms with Gasteiger partial charge in [-0.05, 0) is 24.8 Å². The van der Waals surface area contributed by atoms with E-state index in [-0.39, 0.29) is 0 Å². The number of hydrogen-bond donors (Lipinski definition) is 1. The molecule has 1 atom stereocenters. The quantitative estimate of drug-likeness (QED) is 0.905. The Labute approximate surface area is 118 Å². The number of nitrogens with one attached hydrogen (secondary N) is 1. The monoisotopic (exact) mass is 287 g/mol. The van der Waals surface area contributed by atoms with Gasteiger partial charge in [0, 0.05) is 19.6 Å². The van der Waals surface area contributed by atoms with Crippen LogP contribution in [0.2, 0.25) is 10.0 Å². The molecular formula is C13H19Cl2N3. The van der Waals surface area contributed by atoms with Crippen LogP contribution in [0, 0.1) is 5.92 Å². The summed E-state index contributed by atoms with van der Waals surface area (Å²) in [5, 5.41) is 4.46. The average molecular weight is 288 g/mol. The zero-order valence-corrected chi connectivity index (χ0v) is 12.4. The molecule has 1 aromatic heterocycles. The highest BCUT2D eigenvalue weighted by Crippen LogP contribution is 2.33. The summed E-state index contributed by atoms with van der Waals surface area (Å²) < 4.78 is 0. The van der Waals surface area contributed by atoms with Gasteiger partial charge in [0.1, 0.15) is 11.6 Å². The zero-order chi connectivity index (χ0) is 13.1. The van der Waals surface area contributed by atoms with Crippen LogP contribution in [0.4, 0.5) is 11.6 Å². The third-order valence-electron chi connectivity index (χ3n) is 3.18. The van der Waals surface area contributed by atoms with Gasteiger partial charge in [-0.3, -0.25) is 0 Å². The van der Waals surface area contributed by atoms with Crippen molar-refractivity contribution in [2.75, 3.05) is 29.9 Å². The van der Waals surface area contributed by atoms with Crippen LogP contribution < -0.4 is 10.2 Å². The maximum Gasteiger partial charge on any atom is 0.149 e. The number of nitrogens with zero attached hydrogens (tertiary/aromatic N) is 2. The molecule has 1 aliphatic heterocycles. The van der Waals surface area contributed by atoms with Crippen molar-refractivity contribution in [2.45, 2.75) is 26.7 Å². The number of rotatable bonds is 4. The van der Waals surface area contributed by atoms with E-state index < -0.39 is 0 Å². The second kappa shape index (κ2) is 5.98. The molecule has 1 aliphatic rings. The molecule has 1 saturated heterocycles. The molecule has 2 rings (SSSR count). The van der Waals surface area contributed by atoms with Crippen LogP contribution in [-0.4, -0.2) is 24.6 Å². The predicted octanol–water partition coefficient (Wildman–Crippen LogP) is 4.06. The van der Waals surface area contributed by atoms with Crippen molar-refractivity contribution in [1.82, 2.24) is 4.98 Å². The highest BCUT2D eigenvalue weighted by Gasteiger charge is 2.23. The van der Waals surface area contributed by atoms with E-state index in [4.69, 9.17) is 23.2 Å². The molecule has 1 N–H and O–H groups in total. The van der Waals surface area contributed by atoms with Gasteiger partial charge in [-0.15, -0.1) is 0 Å². The lowest BCUT2D eigenvalue weighted by molar-refractivity contribution is 0.659. The standard InChI is InChI=1S/C13H19Cl2N3/c1-3-5-16-12-10(14)7-11(15)13(17-12)18-6-4-9(2)8-18/h7,9H,3-6,8H2,1-2H3,(H,16,17).